The first-order chi connectivity index (χ1) is 9.07. The van der Waals surface area contributed by atoms with Crippen LogP contribution in [0.3, 0.4) is 0 Å². The molecule has 1 aliphatic heterocycles. The lowest BCUT2D eigenvalue weighted by molar-refractivity contribution is -0.153. The van der Waals surface area contributed by atoms with E-state index in [2.05, 4.69) is 5.32 Å². The van der Waals surface area contributed by atoms with E-state index in [1.165, 1.54) is 0 Å². The molecule has 3 N–H and O–H groups in total. The van der Waals surface area contributed by atoms with E-state index in [4.69, 9.17) is 15.2 Å². The Morgan fingerprint density at radius 1 is 1.47 bits per heavy atom. The maximum atomic E-state index is 12.3. The second-order valence-electron chi connectivity index (χ2n) is 5.09. The van der Waals surface area contributed by atoms with Crippen molar-refractivity contribution in [1.29, 1.82) is 0 Å². The van der Waals surface area contributed by atoms with Crippen molar-refractivity contribution in [1.82, 2.24) is 0 Å². The maximum Gasteiger partial charge on any atom is 0.236 e. The minimum absolute atomic E-state index is 0.0496. The SMILES string of the molecule is CC(C)Oc1ccccc1NC(=O)C1(CN)COC1. The molecule has 1 amide bonds. The van der Waals surface area contributed by atoms with Crippen molar-refractivity contribution < 1.29 is 14.3 Å². The zero-order valence-corrected chi connectivity index (χ0v) is 11.3. The van der Waals surface area contributed by atoms with Crippen LogP contribution in [0.4, 0.5) is 5.69 Å². The molecule has 1 aromatic rings. The highest BCUT2D eigenvalue weighted by atomic mass is 16.5. The summed E-state index contributed by atoms with van der Waals surface area (Å²) in [6.45, 7) is 4.93. The Balaban J connectivity index is 2.12. The highest BCUT2D eigenvalue weighted by molar-refractivity contribution is 5.97. The maximum absolute atomic E-state index is 12.3. The molecule has 0 aliphatic carbocycles. The minimum atomic E-state index is -0.592. The Labute approximate surface area is 113 Å². The van der Waals surface area contributed by atoms with Gasteiger partial charge in [0.2, 0.25) is 5.91 Å². The minimum Gasteiger partial charge on any atom is -0.489 e. The number of benzene rings is 1. The molecule has 0 saturated carbocycles. The number of rotatable bonds is 5. The van der Waals surface area contributed by atoms with Crippen molar-refractivity contribution in [3.63, 3.8) is 0 Å². The van der Waals surface area contributed by atoms with Crippen molar-refractivity contribution in [3.05, 3.63) is 24.3 Å². The predicted octanol–water partition coefficient (Wildman–Crippen LogP) is 1.39. The van der Waals surface area contributed by atoms with Crippen molar-refractivity contribution >= 4 is 11.6 Å². The number of para-hydroxylation sites is 2. The lowest BCUT2D eigenvalue weighted by Gasteiger charge is -2.38. The fraction of sp³-hybridized carbons (Fsp3) is 0.500. The van der Waals surface area contributed by atoms with E-state index < -0.39 is 5.41 Å². The predicted molar refractivity (Wildman–Crippen MR) is 73.1 cm³/mol. The molecule has 0 aromatic heterocycles. The van der Waals surface area contributed by atoms with Crippen LogP contribution in [0.2, 0.25) is 0 Å². The van der Waals surface area contributed by atoms with Crippen LogP contribution in [0.5, 0.6) is 5.75 Å². The van der Waals surface area contributed by atoms with Crippen molar-refractivity contribution in [2.24, 2.45) is 11.1 Å². The molecule has 5 heteroatoms. The number of ether oxygens (including phenoxy) is 2. The summed E-state index contributed by atoms with van der Waals surface area (Å²) in [5, 5.41) is 2.89. The largest absolute Gasteiger partial charge is 0.489 e. The van der Waals surface area contributed by atoms with Crippen molar-refractivity contribution in [2.45, 2.75) is 20.0 Å². The third-order valence-corrected chi connectivity index (χ3v) is 3.13. The Hall–Kier alpha value is -1.59. The summed E-state index contributed by atoms with van der Waals surface area (Å²) in [5.74, 6) is 0.555. The van der Waals surface area contributed by atoms with Gasteiger partial charge in [0.25, 0.3) is 0 Å². The quantitative estimate of drug-likeness (QED) is 0.842. The summed E-state index contributed by atoms with van der Waals surface area (Å²) < 4.78 is 10.8. The van der Waals surface area contributed by atoms with Crippen LogP contribution in [-0.4, -0.2) is 31.8 Å². The molecule has 0 unspecified atom stereocenters. The summed E-state index contributed by atoms with van der Waals surface area (Å²) in [6.07, 6.45) is 0.0496. The van der Waals surface area contributed by atoms with E-state index >= 15 is 0 Å². The number of amides is 1. The third-order valence-electron chi connectivity index (χ3n) is 3.13. The number of hydrogen-bond donors (Lipinski definition) is 2. The van der Waals surface area contributed by atoms with Gasteiger partial charge >= 0.3 is 0 Å². The Morgan fingerprint density at radius 2 is 2.16 bits per heavy atom. The summed E-state index contributed by atoms with van der Waals surface area (Å²) in [7, 11) is 0. The van der Waals surface area contributed by atoms with Gasteiger partial charge in [-0.15, -0.1) is 0 Å². The molecular formula is C14H20N2O3. The molecule has 2 rings (SSSR count). The molecule has 1 aromatic carbocycles. The molecule has 0 spiro atoms. The highest BCUT2D eigenvalue weighted by Gasteiger charge is 2.44. The summed E-state index contributed by atoms with van der Waals surface area (Å²) in [6, 6.07) is 7.38. The molecular weight excluding hydrogens is 244 g/mol. The molecule has 0 bridgehead atoms. The molecule has 1 aliphatic rings. The number of hydrogen-bond acceptors (Lipinski definition) is 4. The van der Waals surface area contributed by atoms with Gasteiger partial charge in [0.1, 0.15) is 11.2 Å². The molecule has 5 nitrogen and oxygen atoms in total. The van der Waals surface area contributed by atoms with Gasteiger partial charge in [-0.05, 0) is 26.0 Å². The number of carbonyl (C=O) groups excluding carboxylic acids is 1. The van der Waals surface area contributed by atoms with Crippen molar-refractivity contribution in [3.8, 4) is 5.75 Å². The average molecular weight is 264 g/mol. The Kier molecular flexibility index (Phi) is 4.07. The van der Waals surface area contributed by atoms with Gasteiger partial charge in [0.05, 0.1) is 25.0 Å². The zero-order chi connectivity index (χ0) is 13.9. The molecule has 0 atom stereocenters. The first kappa shape index (κ1) is 13.8. The second-order valence-corrected chi connectivity index (χ2v) is 5.09. The third kappa shape index (κ3) is 2.88. The molecule has 1 fully saturated rings. The molecule has 19 heavy (non-hydrogen) atoms. The van der Waals surface area contributed by atoms with Crippen LogP contribution in [0.25, 0.3) is 0 Å². The van der Waals surface area contributed by atoms with Gasteiger partial charge < -0.3 is 20.5 Å². The van der Waals surface area contributed by atoms with Gasteiger partial charge in [0, 0.05) is 6.54 Å². The van der Waals surface area contributed by atoms with Crippen LogP contribution in [0.1, 0.15) is 13.8 Å². The normalized spacial score (nSPS) is 16.8. The van der Waals surface area contributed by atoms with E-state index in [0.717, 1.165) is 0 Å². The summed E-state index contributed by atoms with van der Waals surface area (Å²) in [5.41, 5.74) is 5.75. The lowest BCUT2D eigenvalue weighted by atomic mass is 9.85. The number of anilines is 1. The van der Waals surface area contributed by atoms with Gasteiger partial charge in [-0.2, -0.15) is 0 Å². The van der Waals surface area contributed by atoms with Crippen LogP contribution in [0.15, 0.2) is 24.3 Å². The first-order valence-corrected chi connectivity index (χ1v) is 6.42. The van der Waals surface area contributed by atoms with Gasteiger partial charge in [-0.3, -0.25) is 4.79 Å². The molecule has 0 radical (unpaired) electrons. The lowest BCUT2D eigenvalue weighted by Crippen LogP contribution is -2.56. The monoisotopic (exact) mass is 264 g/mol. The van der Waals surface area contributed by atoms with E-state index in [0.29, 0.717) is 24.7 Å². The fourth-order valence-corrected chi connectivity index (χ4v) is 1.87. The number of nitrogens with two attached hydrogens (primary N) is 1. The zero-order valence-electron chi connectivity index (χ0n) is 11.3. The van der Waals surface area contributed by atoms with E-state index in [1.54, 1.807) is 0 Å². The topological polar surface area (TPSA) is 73.6 Å². The summed E-state index contributed by atoms with van der Waals surface area (Å²) in [4.78, 5) is 12.3. The smallest absolute Gasteiger partial charge is 0.236 e. The Morgan fingerprint density at radius 3 is 2.68 bits per heavy atom. The van der Waals surface area contributed by atoms with Crippen molar-refractivity contribution in [2.75, 3.05) is 25.1 Å². The molecule has 1 saturated heterocycles. The second kappa shape index (κ2) is 5.59. The first-order valence-electron chi connectivity index (χ1n) is 6.42. The van der Waals surface area contributed by atoms with Crippen LogP contribution in [0, 0.1) is 5.41 Å². The van der Waals surface area contributed by atoms with E-state index in [9.17, 15) is 4.79 Å². The number of carbonyl (C=O) groups is 1. The van der Waals surface area contributed by atoms with Gasteiger partial charge in [0.15, 0.2) is 0 Å². The standard InChI is InChI=1S/C14H20N2O3/c1-10(2)19-12-6-4-3-5-11(12)16-13(17)14(7-15)8-18-9-14/h3-6,10H,7-9,15H2,1-2H3,(H,16,17). The van der Waals surface area contributed by atoms with Gasteiger partial charge in [-0.25, -0.2) is 0 Å². The average Bonchev–Trinajstić information content (AvgIpc) is 2.30. The molecule has 1 heterocycles. The number of nitrogens with one attached hydrogen (secondary N) is 1. The van der Waals surface area contributed by atoms with E-state index in [-0.39, 0.29) is 18.6 Å². The molecule has 104 valence electrons. The summed E-state index contributed by atoms with van der Waals surface area (Å²) >= 11 is 0. The fourth-order valence-electron chi connectivity index (χ4n) is 1.87. The van der Waals surface area contributed by atoms with Crippen LogP contribution < -0.4 is 15.8 Å². The Bertz CT molecular complexity index is 450. The van der Waals surface area contributed by atoms with E-state index in [1.807, 2.05) is 38.1 Å². The van der Waals surface area contributed by atoms with Crippen LogP contribution >= 0.6 is 0 Å². The highest BCUT2D eigenvalue weighted by Crippen LogP contribution is 2.31. The van der Waals surface area contributed by atoms with Crippen LogP contribution in [-0.2, 0) is 9.53 Å². The van der Waals surface area contributed by atoms with Gasteiger partial charge in [-0.1, -0.05) is 12.1 Å².